The summed E-state index contributed by atoms with van der Waals surface area (Å²) in [6.45, 7) is 5.49. The molecule has 0 amide bonds. The van der Waals surface area contributed by atoms with Crippen molar-refractivity contribution in [2.75, 3.05) is 53.6 Å². The first kappa shape index (κ1) is 21.5. The largest absolute Gasteiger partial charge is 0.493 e. The third-order valence-electron chi connectivity index (χ3n) is 4.84. The van der Waals surface area contributed by atoms with E-state index in [1.807, 2.05) is 42.6 Å². The molecule has 29 heavy (non-hydrogen) atoms. The van der Waals surface area contributed by atoms with Gasteiger partial charge in [0.15, 0.2) is 11.5 Å². The molecule has 1 aliphatic rings. The van der Waals surface area contributed by atoms with Crippen molar-refractivity contribution in [3.8, 4) is 11.5 Å². The lowest BCUT2D eigenvalue weighted by molar-refractivity contribution is 0.00445. The number of aliphatic hydroxyl groups excluding tert-OH is 1. The Hall–Kier alpha value is -2.19. The van der Waals surface area contributed by atoms with Gasteiger partial charge in [0.25, 0.3) is 0 Å². The average molecular weight is 402 g/mol. The fraction of sp³-hybridized carbons (Fsp3) is 0.500. The van der Waals surface area contributed by atoms with Crippen molar-refractivity contribution in [3.05, 3.63) is 53.9 Å². The molecule has 1 N–H and O–H groups in total. The first-order valence-corrected chi connectivity index (χ1v) is 10.0. The maximum absolute atomic E-state index is 10.3. The summed E-state index contributed by atoms with van der Waals surface area (Å²) in [4.78, 5) is 8.76. The van der Waals surface area contributed by atoms with E-state index >= 15 is 0 Å². The van der Waals surface area contributed by atoms with Crippen LogP contribution in [0, 0.1) is 0 Å². The molecule has 3 rings (SSSR count). The van der Waals surface area contributed by atoms with Gasteiger partial charge < -0.3 is 19.3 Å². The highest BCUT2D eigenvalue weighted by Gasteiger charge is 2.16. The number of hydrogen-bond acceptors (Lipinski definition) is 7. The van der Waals surface area contributed by atoms with Crippen LogP contribution in [0.25, 0.3) is 0 Å². The molecule has 1 saturated heterocycles. The summed E-state index contributed by atoms with van der Waals surface area (Å²) in [7, 11) is 3.70. The fourth-order valence-corrected chi connectivity index (χ4v) is 3.39. The van der Waals surface area contributed by atoms with Gasteiger partial charge in [0, 0.05) is 38.9 Å². The molecule has 7 nitrogen and oxygen atoms in total. The second kappa shape index (κ2) is 11.1. The molecular weight excluding hydrogens is 370 g/mol. The number of β-amino-alcohol motifs (C(OH)–C–C–N with tert-alkyl or cyclic N) is 1. The van der Waals surface area contributed by atoms with E-state index in [1.54, 1.807) is 7.11 Å². The fourth-order valence-electron chi connectivity index (χ4n) is 3.39. The van der Waals surface area contributed by atoms with Crippen molar-refractivity contribution in [2.45, 2.75) is 19.2 Å². The Morgan fingerprint density at radius 3 is 2.72 bits per heavy atom. The lowest BCUT2D eigenvalue weighted by atomic mass is 10.2. The van der Waals surface area contributed by atoms with Crippen molar-refractivity contribution < 1.29 is 19.3 Å². The highest BCUT2D eigenvalue weighted by atomic mass is 16.5. The van der Waals surface area contributed by atoms with Gasteiger partial charge in [-0.05, 0) is 36.9 Å². The van der Waals surface area contributed by atoms with Gasteiger partial charge in [-0.25, -0.2) is 0 Å². The van der Waals surface area contributed by atoms with Crippen LogP contribution in [0.3, 0.4) is 0 Å². The predicted molar refractivity (Wildman–Crippen MR) is 111 cm³/mol. The Bertz CT molecular complexity index is 738. The van der Waals surface area contributed by atoms with Crippen molar-refractivity contribution in [1.29, 1.82) is 0 Å². The summed E-state index contributed by atoms with van der Waals surface area (Å²) in [6.07, 6.45) is 1.26. The van der Waals surface area contributed by atoms with E-state index in [1.165, 1.54) is 0 Å². The van der Waals surface area contributed by atoms with Gasteiger partial charge in [-0.3, -0.25) is 14.8 Å². The minimum absolute atomic E-state index is 0.229. The van der Waals surface area contributed by atoms with Crippen LogP contribution in [-0.2, 0) is 17.8 Å². The number of nitrogens with zero attached hydrogens (tertiary/aromatic N) is 3. The normalized spacial score (nSPS) is 16.0. The zero-order valence-electron chi connectivity index (χ0n) is 17.3. The highest BCUT2D eigenvalue weighted by Crippen LogP contribution is 2.28. The Morgan fingerprint density at radius 2 is 2.00 bits per heavy atom. The van der Waals surface area contributed by atoms with Crippen molar-refractivity contribution >= 4 is 0 Å². The standard InChI is InChI=1S/C22H31N3O4/c1-24(15-19-5-3-4-8-23-19)14-18-6-7-21(22(13-18)27-2)29-17-20(26)16-25-9-11-28-12-10-25/h3-8,13,20,26H,9-12,14-17H2,1-2H3/t20-/m0/s1. The molecule has 158 valence electrons. The molecule has 1 aliphatic heterocycles. The van der Waals surface area contributed by atoms with Crippen LogP contribution >= 0.6 is 0 Å². The van der Waals surface area contributed by atoms with Gasteiger partial charge in [0.1, 0.15) is 12.7 Å². The van der Waals surface area contributed by atoms with Crippen LogP contribution in [0.1, 0.15) is 11.3 Å². The number of morpholine rings is 1. The zero-order chi connectivity index (χ0) is 20.5. The van der Waals surface area contributed by atoms with Gasteiger partial charge in [-0.2, -0.15) is 0 Å². The molecule has 0 bridgehead atoms. The van der Waals surface area contributed by atoms with E-state index < -0.39 is 6.10 Å². The van der Waals surface area contributed by atoms with Crippen LogP contribution in [0.2, 0.25) is 0 Å². The molecule has 0 spiro atoms. The topological polar surface area (TPSA) is 67.3 Å². The Labute approximate surface area is 172 Å². The molecule has 1 aromatic carbocycles. The van der Waals surface area contributed by atoms with Gasteiger partial charge in [-0.15, -0.1) is 0 Å². The van der Waals surface area contributed by atoms with Crippen LogP contribution in [-0.4, -0.2) is 79.6 Å². The second-order valence-corrected chi connectivity index (χ2v) is 7.36. The zero-order valence-corrected chi connectivity index (χ0v) is 17.3. The highest BCUT2D eigenvalue weighted by molar-refractivity contribution is 5.43. The number of hydrogen-bond donors (Lipinski definition) is 1. The lowest BCUT2D eigenvalue weighted by Gasteiger charge is -2.28. The first-order valence-electron chi connectivity index (χ1n) is 10.0. The number of ether oxygens (including phenoxy) is 3. The monoisotopic (exact) mass is 401 g/mol. The average Bonchev–Trinajstić information content (AvgIpc) is 2.74. The van der Waals surface area contributed by atoms with E-state index in [2.05, 4.69) is 21.8 Å². The Kier molecular flexibility index (Phi) is 8.25. The van der Waals surface area contributed by atoms with Gasteiger partial charge in [-0.1, -0.05) is 12.1 Å². The molecule has 2 heterocycles. The van der Waals surface area contributed by atoms with Gasteiger partial charge in [0.2, 0.25) is 0 Å². The van der Waals surface area contributed by atoms with E-state index in [0.717, 1.165) is 50.7 Å². The molecule has 0 unspecified atom stereocenters. The Balaban J connectivity index is 1.51. The third-order valence-corrected chi connectivity index (χ3v) is 4.84. The van der Waals surface area contributed by atoms with Crippen molar-refractivity contribution in [3.63, 3.8) is 0 Å². The number of rotatable bonds is 10. The molecule has 0 aliphatic carbocycles. The van der Waals surface area contributed by atoms with Crippen LogP contribution in [0.4, 0.5) is 0 Å². The van der Waals surface area contributed by atoms with E-state index in [4.69, 9.17) is 14.2 Å². The molecule has 1 atom stereocenters. The van der Waals surface area contributed by atoms with Gasteiger partial charge >= 0.3 is 0 Å². The number of methoxy groups -OCH3 is 1. The number of aromatic nitrogens is 1. The van der Waals surface area contributed by atoms with Crippen molar-refractivity contribution in [2.24, 2.45) is 0 Å². The molecule has 1 aromatic heterocycles. The number of benzene rings is 1. The predicted octanol–water partition coefficient (Wildman–Crippen LogP) is 1.79. The minimum Gasteiger partial charge on any atom is -0.493 e. The van der Waals surface area contributed by atoms with Crippen LogP contribution in [0.5, 0.6) is 11.5 Å². The quantitative estimate of drug-likeness (QED) is 0.651. The summed E-state index contributed by atoms with van der Waals surface area (Å²) in [5.74, 6) is 1.32. The molecular formula is C22H31N3O4. The van der Waals surface area contributed by atoms with Crippen LogP contribution < -0.4 is 9.47 Å². The number of aliphatic hydroxyl groups is 1. The molecule has 0 saturated carbocycles. The van der Waals surface area contributed by atoms with E-state index in [-0.39, 0.29) is 6.61 Å². The summed E-state index contributed by atoms with van der Waals surface area (Å²) in [5, 5.41) is 10.3. The SMILES string of the molecule is COc1cc(CN(C)Cc2ccccn2)ccc1OC[C@@H](O)CN1CCOCC1. The van der Waals surface area contributed by atoms with Crippen molar-refractivity contribution in [1.82, 2.24) is 14.8 Å². The molecule has 0 radical (unpaired) electrons. The number of pyridine rings is 1. The van der Waals surface area contributed by atoms with E-state index in [9.17, 15) is 5.11 Å². The first-order chi connectivity index (χ1) is 14.1. The third kappa shape index (κ3) is 6.97. The summed E-state index contributed by atoms with van der Waals surface area (Å²) >= 11 is 0. The maximum Gasteiger partial charge on any atom is 0.161 e. The summed E-state index contributed by atoms with van der Waals surface area (Å²) in [6, 6.07) is 11.9. The van der Waals surface area contributed by atoms with Crippen LogP contribution in [0.15, 0.2) is 42.6 Å². The Morgan fingerprint density at radius 1 is 1.17 bits per heavy atom. The van der Waals surface area contributed by atoms with E-state index in [0.29, 0.717) is 18.0 Å². The molecule has 7 heteroatoms. The summed E-state index contributed by atoms with van der Waals surface area (Å²) in [5.41, 5.74) is 2.16. The van der Waals surface area contributed by atoms with Gasteiger partial charge in [0.05, 0.1) is 26.0 Å². The lowest BCUT2D eigenvalue weighted by Crippen LogP contribution is -2.42. The maximum atomic E-state index is 10.3. The molecule has 1 fully saturated rings. The second-order valence-electron chi connectivity index (χ2n) is 7.36. The smallest absolute Gasteiger partial charge is 0.161 e. The molecule has 2 aromatic rings. The minimum atomic E-state index is -0.554. The summed E-state index contributed by atoms with van der Waals surface area (Å²) < 4.78 is 16.7.